The first kappa shape index (κ1) is 14.0. The molecule has 0 aliphatic carbocycles. The van der Waals surface area contributed by atoms with Crippen molar-refractivity contribution < 1.29 is 18.3 Å². The fourth-order valence-electron chi connectivity index (χ4n) is 2.03. The number of nitrogens with zero attached hydrogens (tertiary/aromatic N) is 5. The van der Waals surface area contributed by atoms with Gasteiger partial charge in [-0.25, -0.2) is 4.99 Å². The Morgan fingerprint density at radius 2 is 1.95 bits per heavy atom. The molecule has 0 aliphatic heterocycles. The molecule has 0 aliphatic rings. The molecule has 9 heteroatoms. The van der Waals surface area contributed by atoms with Gasteiger partial charge in [-0.1, -0.05) is 0 Å². The zero-order valence-corrected chi connectivity index (χ0v) is 10.9. The Bertz CT molecular complexity index is 872. The first-order valence-electron chi connectivity index (χ1n) is 5.99. The van der Waals surface area contributed by atoms with Gasteiger partial charge in [0.25, 0.3) is 5.95 Å². The summed E-state index contributed by atoms with van der Waals surface area (Å²) >= 11 is 0. The molecule has 3 aromatic rings. The highest BCUT2D eigenvalue weighted by Crippen LogP contribution is 2.37. The number of benzene rings is 1. The quantitative estimate of drug-likeness (QED) is 0.739. The van der Waals surface area contributed by atoms with Crippen LogP contribution in [0, 0.1) is 0 Å². The number of aromatic nitrogens is 4. The van der Waals surface area contributed by atoms with Gasteiger partial charge < -0.3 is 5.11 Å². The van der Waals surface area contributed by atoms with Gasteiger partial charge in [0.2, 0.25) is 0 Å². The Kier molecular flexibility index (Phi) is 3.05. The van der Waals surface area contributed by atoms with E-state index in [1.165, 1.54) is 10.7 Å². The number of aliphatic imine (C=N–C) groups is 1. The lowest BCUT2D eigenvalue weighted by molar-refractivity contribution is -0.137. The number of phenolic OH excluding ortho intramolecular Hbond substituents is 1. The average Bonchev–Trinajstić information content (AvgIpc) is 2.95. The number of alkyl halides is 3. The summed E-state index contributed by atoms with van der Waals surface area (Å²) in [5.74, 6) is -0.415. The van der Waals surface area contributed by atoms with Crippen LogP contribution in [0.25, 0.3) is 16.8 Å². The number of fused-ring (bicyclic) bond motifs is 1. The third-order valence-corrected chi connectivity index (χ3v) is 3.04. The summed E-state index contributed by atoms with van der Waals surface area (Å²) in [6.07, 6.45) is -3.08. The third kappa shape index (κ3) is 2.16. The molecule has 0 fully saturated rings. The predicted octanol–water partition coefficient (Wildman–Crippen LogP) is 2.85. The van der Waals surface area contributed by atoms with Crippen LogP contribution in [-0.2, 0) is 6.18 Å². The Morgan fingerprint density at radius 3 is 2.59 bits per heavy atom. The van der Waals surface area contributed by atoms with Crippen LogP contribution in [0.4, 0.5) is 19.1 Å². The van der Waals surface area contributed by atoms with Gasteiger partial charge in [0.05, 0.1) is 17.3 Å². The average molecular weight is 307 g/mol. The van der Waals surface area contributed by atoms with E-state index in [-0.39, 0.29) is 17.2 Å². The van der Waals surface area contributed by atoms with E-state index < -0.39 is 17.5 Å². The summed E-state index contributed by atoms with van der Waals surface area (Å²) < 4.78 is 39.2. The first-order chi connectivity index (χ1) is 10.4. The lowest BCUT2D eigenvalue weighted by Crippen LogP contribution is -2.05. The maximum atomic E-state index is 12.6. The highest BCUT2D eigenvalue weighted by Gasteiger charge is 2.31. The Labute approximate surface area is 121 Å². The van der Waals surface area contributed by atoms with Crippen molar-refractivity contribution in [1.82, 2.24) is 19.8 Å². The molecule has 1 N–H and O–H groups in total. The van der Waals surface area contributed by atoms with Crippen molar-refractivity contribution >= 4 is 18.2 Å². The van der Waals surface area contributed by atoms with E-state index in [2.05, 4.69) is 27.0 Å². The topological polar surface area (TPSA) is 75.7 Å². The first-order valence-corrected chi connectivity index (χ1v) is 5.99. The van der Waals surface area contributed by atoms with Gasteiger partial charge in [0.15, 0.2) is 0 Å². The monoisotopic (exact) mass is 307 g/mol. The molecule has 0 atom stereocenters. The minimum absolute atomic E-state index is 0.113. The van der Waals surface area contributed by atoms with Gasteiger partial charge in [-0.3, -0.25) is 0 Å². The molecule has 2 heterocycles. The maximum Gasteiger partial charge on any atom is 0.416 e. The second-order valence-electron chi connectivity index (χ2n) is 4.36. The minimum atomic E-state index is -4.54. The van der Waals surface area contributed by atoms with Crippen LogP contribution in [0.5, 0.6) is 5.75 Å². The van der Waals surface area contributed by atoms with Crippen molar-refractivity contribution in [3.8, 4) is 17.0 Å². The van der Waals surface area contributed by atoms with Gasteiger partial charge in [0.1, 0.15) is 11.4 Å². The predicted molar refractivity (Wildman–Crippen MR) is 72.1 cm³/mol. The second-order valence-corrected chi connectivity index (χ2v) is 4.36. The zero-order chi connectivity index (χ0) is 15.9. The maximum absolute atomic E-state index is 12.6. The van der Waals surface area contributed by atoms with Crippen LogP contribution in [0.3, 0.4) is 0 Å². The number of hydrogen-bond donors (Lipinski definition) is 1. The summed E-state index contributed by atoms with van der Waals surface area (Å²) in [6.45, 7) is 3.33. The van der Waals surface area contributed by atoms with Crippen molar-refractivity contribution in [1.29, 1.82) is 0 Å². The van der Waals surface area contributed by atoms with Crippen LogP contribution >= 0.6 is 0 Å². The van der Waals surface area contributed by atoms with Crippen LogP contribution in [0.15, 0.2) is 35.5 Å². The highest BCUT2D eigenvalue weighted by molar-refractivity contribution is 5.80. The van der Waals surface area contributed by atoms with Gasteiger partial charge in [-0.15, -0.1) is 10.2 Å². The minimum Gasteiger partial charge on any atom is -0.507 e. The number of rotatable bonds is 2. The smallest absolute Gasteiger partial charge is 0.416 e. The molecule has 0 bridgehead atoms. The summed E-state index contributed by atoms with van der Waals surface area (Å²) in [5.41, 5.74) is -0.208. The second kappa shape index (κ2) is 4.79. The molecular formula is C13H8F3N5O. The van der Waals surface area contributed by atoms with E-state index in [1.54, 1.807) is 6.07 Å². The molecule has 2 aromatic heterocycles. The lowest BCUT2D eigenvalue weighted by atomic mass is 10.1. The molecule has 0 saturated carbocycles. The summed E-state index contributed by atoms with van der Waals surface area (Å²) in [4.78, 5) is 3.64. The SMILES string of the molecule is C=Nc1nnc(-c2ccc(C(F)(F)F)cc2O)c2ccnn12. The third-order valence-electron chi connectivity index (χ3n) is 3.04. The molecule has 0 unspecified atom stereocenters. The zero-order valence-electron chi connectivity index (χ0n) is 10.9. The van der Waals surface area contributed by atoms with Gasteiger partial charge >= 0.3 is 6.18 Å². The van der Waals surface area contributed by atoms with Crippen LogP contribution < -0.4 is 0 Å². The van der Waals surface area contributed by atoms with Crippen LogP contribution in [0.1, 0.15) is 5.56 Å². The molecule has 22 heavy (non-hydrogen) atoms. The molecule has 0 spiro atoms. The lowest BCUT2D eigenvalue weighted by Gasteiger charge is -2.10. The summed E-state index contributed by atoms with van der Waals surface area (Å²) in [5, 5.41) is 21.5. The Morgan fingerprint density at radius 1 is 1.18 bits per heavy atom. The molecule has 6 nitrogen and oxygen atoms in total. The van der Waals surface area contributed by atoms with E-state index in [9.17, 15) is 18.3 Å². The van der Waals surface area contributed by atoms with Crippen molar-refractivity contribution in [3.63, 3.8) is 0 Å². The largest absolute Gasteiger partial charge is 0.507 e. The van der Waals surface area contributed by atoms with E-state index in [1.807, 2.05) is 0 Å². The number of phenols is 1. The van der Waals surface area contributed by atoms with Gasteiger partial charge in [-0.2, -0.15) is 22.8 Å². The fourth-order valence-corrected chi connectivity index (χ4v) is 2.03. The molecule has 1 aromatic carbocycles. The van der Waals surface area contributed by atoms with Crippen LogP contribution in [0.2, 0.25) is 0 Å². The van der Waals surface area contributed by atoms with Crippen molar-refractivity contribution in [3.05, 3.63) is 36.0 Å². The van der Waals surface area contributed by atoms with Crippen LogP contribution in [-0.4, -0.2) is 31.6 Å². The normalized spacial score (nSPS) is 11.8. The number of halogens is 3. The molecule has 0 amide bonds. The van der Waals surface area contributed by atoms with Gasteiger partial charge in [0, 0.05) is 5.56 Å². The van der Waals surface area contributed by atoms with E-state index in [4.69, 9.17) is 0 Å². The number of aromatic hydroxyl groups is 1. The standard InChI is InChI=1S/C13H8F3N5O/c1-17-12-20-19-11(9-4-5-18-21(9)12)8-3-2-7(6-10(8)22)13(14,15)16/h2-6,22H,1H2. The number of hydrogen-bond acceptors (Lipinski definition) is 5. The molecule has 112 valence electrons. The fraction of sp³-hybridized carbons (Fsp3) is 0.0769. The van der Waals surface area contributed by atoms with Crippen molar-refractivity contribution in [2.45, 2.75) is 6.18 Å². The Balaban J connectivity index is 2.20. The van der Waals surface area contributed by atoms with Crippen molar-refractivity contribution in [2.75, 3.05) is 0 Å². The van der Waals surface area contributed by atoms with E-state index >= 15 is 0 Å². The van der Waals surface area contributed by atoms with Gasteiger partial charge in [-0.05, 0) is 31.0 Å². The molecule has 3 rings (SSSR count). The van der Waals surface area contributed by atoms with E-state index in [0.717, 1.165) is 12.1 Å². The molecular weight excluding hydrogens is 299 g/mol. The highest BCUT2D eigenvalue weighted by atomic mass is 19.4. The molecule has 0 saturated heterocycles. The molecule has 0 radical (unpaired) electrons. The summed E-state index contributed by atoms with van der Waals surface area (Å²) in [6, 6.07) is 4.22. The van der Waals surface area contributed by atoms with Crippen molar-refractivity contribution in [2.24, 2.45) is 4.99 Å². The Hall–Kier alpha value is -2.97. The summed E-state index contributed by atoms with van der Waals surface area (Å²) in [7, 11) is 0. The van der Waals surface area contributed by atoms with E-state index in [0.29, 0.717) is 11.6 Å².